The number of nitrogens with two attached hydrogens (primary N) is 1. The van der Waals surface area contributed by atoms with E-state index >= 15 is 0 Å². The molecule has 3 N–H and O–H groups in total. The average Bonchev–Trinajstić information content (AvgIpc) is 2.75. The molecule has 1 aromatic rings. The van der Waals surface area contributed by atoms with Crippen molar-refractivity contribution >= 4 is 39.1 Å². The van der Waals surface area contributed by atoms with E-state index in [-0.39, 0.29) is 16.0 Å². The molecule has 2 rings (SSSR count). The molecule has 0 aromatic heterocycles. The largest absolute Gasteiger partial charge is 0.399 e. The maximum Gasteiger partial charge on any atom is 0.242 e. The topological polar surface area (TPSA) is 72.2 Å². The highest BCUT2D eigenvalue weighted by Crippen LogP contribution is 2.31. The second kappa shape index (κ2) is 6.56. The molecule has 0 heterocycles. The lowest BCUT2D eigenvalue weighted by Gasteiger charge is -2.14. The lowest BCUT2D eigenvalue weighted by molar-refractivity contribution is 0.552. The molecule has 0 amide bonds. The van der Waals surface area contributed by atoms with Gasteiger partial charge in [-0.25, -0.2) is 13.1 Å². The molecule has 0 radical (unpaired) electrons. The number of halogens is 1. The van der Waals surface area contributed by atoms with Crippen molar-refractivity contribution in [2.24, 2.45) is 0 Å². The van der Waals surface area contributed by atoms with Crippen LogP contribution in [0.1, 0.15) is 26.2 Å². The Balaban J connectivity index is 2.08. The summed E-state index contributed by atoms with van der Waals surface area (Å²) in [6, 6.07) is 4.45. The second-order valence-electron chi connectivity index (χ2n) is 4.90. The summed E-state index contributed by atoms with van der Waals surface area (Å²) in [6.07, 6.45) is 2.81. The lowest BCUT2D eigenvalue weighted by Crippen LogP contribution is -2.33. The SMILES string of the molecule is CCSC1CCC(NS(=O)(=O)c2ccc(N)cc2Cl)C1. The van der Waals surface area contributed by atoms with E-state index < -0.39 is 10.0 Å². The first-order valence-electron chi connectivity index (χ1n) is 6.61. The first kappa shape index (κ1) is 15.9. The lowest BCUT2D eigenvalue weighted by atomic mass is 10.3. The van der Waals surface area contributed by atoms with Gasteiger partial charge in [0.05, 0.1) is 5.02 Å². The molecule has 0 saturated heterocycles. The molecule has 7 heteroatoms. The number of benzene rings is 1. The van der Waals surface area contributed by atoms with Gasteiger partial charge in [-0.1, -0.05) is 18.5 Å². The number of anilines is 1. The minimum absolute atomic E-state index is 0.00216. The van der Waals surface area contributed by atoms with Crippen molar-refractivity contribution in [2.45, 2.75) is 42.4 Å². The maximum absolute atomic E-state index is 12.3. The van der Waals surface area contributed by atoms with Crippen molar-refractivity contribution in [1.29, 1.82) is 0 Å². The number of thioether (sulfide) groups is 1. The Morgan fingerprint density at radius 3 is 2.85 bits per heavy atom. The zero-order chi connectivity index (χ0) is 14.8. The third kappa shape index (κ3) is 3.81. The highest BCUT2D eigenvalue weighted by molar-refractivity contribution is 7.99. The van der Waals surface area contributed by atoms with Gasteiger partial charge in [0.25, 0.3) is 0 Å². The van der Waals surface area contributed by atoms with Gasteiger partial charge in [0.1, 0.15) is 4.90 Å². The summed E-state index contributed by atoms with van der Waals surface area (Å²) < 4.78 is 27.4. The van der Waals surface area contributed by atoms with Gasteiger partial charge in [-0.3, -0.25) is 0 Å². The summed E-state index contributed by atoms with van der Waals surface area (Å²) in [6.45, 7) is 2.12. The first-order chi connectivity index (χ1) is 9.42. The van der Waals surface area contributed by atoms with Crippen LogP contribution < -0.4 is 10.5 Å². The van der Waals surface area contributed by atoms with Crippen LogP contribution >= 0.6 is 23.4 Å². The molecule has 0 spiro atoms. The van der Waals surface area contributed by atoms with Gasteiger partial charge in [0.15, 0.2) is 0 Å². The maximum atomic E-state index is 12.3. The van der Waals surface area contributed by atoms with E-state index in [1.807, 2.05) is 11.8 Å². The standard InChI is InChI=1S/C13H19ClN2O2S2/c1-2-19-11-5-4-10(8-11)16-20(17,18)13-6-3-9(15)7-12(13)14/h3,6-7,10-11,16H,2,4-5,8,15H2,1H3. The number of rotatable bonds is 5. The monoisotopic (exact) mass is 334 g/mol. The first-order valence-corrected chi connectivity index (χ1v) is 9.52. The molecule has 1 aliphatic carbocycles. The van der Waals surface area contributed by atoms with Crippen molar-refractivity contribution in [2.75, 3.05) is 11.5 Å². The molecular weight excluding hydrogens is 316 g/mol. The Hall–Kier alpha value is -0.430. The third-order valence-electron chi connectivity index (χ3n) is 3.35. The number of nitrogen functional groups attached to an aromatic ring is 1. The Kier molecular flexibility index (Phi) is 5.23. The quantitative estimate of drug-likeness (QED) is 0.812. The minimum Gasteiger partial charge on any atom is -0.399 e. The van der Waals surface area contributed by atoms with Crippen molar-refractivity contribution < 1.29 is 8.42 Å². The number of nitrogens with one attached hydrogen (secondary N) is 1. The summed E-state index contributed by atoms with van der Waals surface area (Å²) in [4.78, 5) is 0.0972. The zero-order valence-electron chi connectivity index (χ0n) is 11.3. The fraction of sp³-hybridized carbons (Fsp3) is 0.538. The van der Waals surface area contributed by atoms with Crippen LogP contribution in [-0.4, -0.2) is 25.5 Å². The van der Waals surface area contributed by atoms with Gasteiger partial charge in [-0.05, 0) is 43.2 Å². The molecule has 20 heavy (non-hydrogen) atoms. The minimum atomic E-state index is -3.58. The average molecular weight is 335 g/mol. The molecule has 2 atom stereocenters. The predicted molar refractivity (Wildman–Crippen MR) is 85.7 cm³/mol. The predicted octanol–water partition coefficient (Wildman–Crippen LogP) is 2.87. The Morgan fingerprint density at radius 1 is 1.45 bits per heavy atom. The van der Waals surface area contributed by atoms with Crippen LogP contribution in [0.3, 0.4) is 0 Å². The van der Waals surface area contributed by atoms with Crippen molar-refractivity contribution in [3.8, 4) is 0 Å². The molecule has 4 nitrogen and oxygen atoms in total. The van der Waals surface area contributed by atoms with Gasteiger partial charge in [-0.2, -0.15) is 11.8 Å². The number of hydrogen-bond acceptors (Lipinski definition) is 4. The Labute approximate surface area is 129 Å². The van der Waals surface area contributed by atoms with E-state index in [4.69, 9.17) is 17.3 Å². The molecule has 2 unspecified atom stereocenters. The zero-order valence-corrected chi connectivity index (χ0v) is 13.7. The van der Waals surface area contributed by atoms with Crippen LogP contribution in [0.15, 0.2) is 23.1 Å². The van der Waals surface area contributed by atoms with Crippen molar-refractivity contribution in [3.05, 3.63) is 23.2 Å². The number of sulfonamides is 1. The summed E-state index contributed by atoms with van der Waals surface area (Å²) in [5, 5.41) is 0.713. The van der Waals surface area contributed by atoms with E-state index in [0.717, 1.165) is 25.0 Å². The van der Waals surface area contributed by atoms with Crippen LogP contribution in [-0.2, 0) is 10.0 Å². The molecule has 1 fully saturated rings. The van der Waals surface area contributed by atoms with Crippen LogP contribution in [0.4, 0.5) is 5.69 Å². The van der Waals surface area contributed by atoms with E-state index in [1.54, 1.807) is 6.07 Å². The van der Waals surface area contributed by atoms with Gasteiger partial charge in [0, 0.05) is 17.0 Å². The van der Waals surface area contributed by atoms with Crippen molar-refractivity contribution in [1.82, 2.24) is 4.72 Å². The van der Waals surface area contributed by atoms with Crippen LogP contribution in [0.2, 0.25) is 5.02 Å². The molecule has 112 valence electrons. The van der Waals surface area contributed by atoms with Crippen LogP contribution in [0.25, 0.3) is 0 Å². The summed E-state index contributed by atoms with van der Waals surface area (Å²) in [5.41, 5.74) is 6.04. The second-order valence-corrected chi connectivity index (χ2v) is 8.57. The number of hydrogen-bond donors (Lipinski definition) is 2. The summed E-state index contributed by atoms with van der Waals surface area (Å²) in [5.74, 6) is 1.06. The Bertz CT molecular complexity index is 578. The van der Waals surface area contributed by atoms with Crippen LogP contribution in [0, 0.1) is 0 Å². The highest BCUT2D eigenvalue weighted by Gasteiger charge is 2.29. The summed E-state index contributed by atoms with van der Waals surface area (Å²) >= 11 is 7.87. The molecule has 0 bridgehead atoms. The van der Waals surface area contributed by atoms with E-state index in [0.29, 0.717) is 10.9 Å². The van der Waals surface area contributed by atoms with E-state index in [1.165, 1.54) is 12.1 Å². The van der Waals surface area contributed by atoms with Crippen LogP contribution in [0.5, 0.6) is 0 Å². The molecular formula is C13H19ClN2O2S2. The van der Waals surface area contributed by atoms with E-state index in [2.05, 4.69) is 11.6 Å². The van der Waals surface area contributed by atoms with Crippen molar-refractivity contribution in [3.63, 3.8) is 0 Å². The normalized spacial score (nSPS) is 23.1. The molecule has 1 saturated carbocycles. The van der Waals surface area contributed by atoms with Gasteiger partial charge in [-0.15, -0.1) is 0 Å². The molecule has 1 aliphatic rings. The molecule has 0 aliphatic heterocycles. The van der Waals surface area contributed by atoms with Gasteiger partial charge in [0.2, 0.25) is 10.0 Å². The fourth-order valence-corrected chi connectivity index (χ4v) is 5.43. The van der Waals surface area contributed by atoms with E-state index in [9.17, 15) is 8.42 Å². The summed E-state index contributed by atoms with van der Waals surface area (Å²) in [7, 11) is -3.58. The highest BCUT2D eigenvalue weighted by atomic mass is 35.5. The van der Waals surface area contributed by atoms with Gasteiger partial charge >= 0.3 is 0 Å². The third-order valence-corrected chi connectivity index (χ3v) is 6.59. The fourth-order valence-electron chi connectivity index (χ4n) is 2.45. The van der Waals surface area contributed by atoms with Gasteiger partial charge < -0.3 is 5.73 Å². The smallest absolute Gasteiger partial charge is 0.242 e. The Morgan fingerprint density at radius 2 is 2.20 bits per heavy atom. The molecule has 1 aromatic carbocycles.